The second-order valence-electron chi connectivity index (χ2n) is 6.00. The van der Waals surface area contributed by atoms with Crippen LogP contribution in [0.3, 0.4) is 0 Å². The average molecular weight is 312 g/mol. The van der Waals surface area contributed by atoms with E-state index in [2.05, 4.69) is 0 Å². The highest BCUT2D eigenvalue weighted by Gasteiger charge is 2.32. The van der Waals surface area contributed by atoms with E-state index >= 15 is 0 Å². The van der Waals surface area contributed by atoms with Crippen molar-refractivity contribution in [2.75, 3.05) is 20.1 Å². The van der Waals surface area contributed by atoms with Crippen LogP contribution < -0.4 is 0 Å². The molecule has 1 atom stereocenters. The quantitative estimate of drug-likeness (QED) is 0.918. The van der Waals surface area contributed by atoms with Crippen molar-refractivity contribution >= 4 is 10.2 Å². The number of hydrogen-bond donors (Lipinski definition) is 1. The third-order valence-corrected chi connectivity index (χ3v) is 5.93. The van der Waals surface area contributed by atoms with Gasteiger partial charge in [0.2, 0.25) is 0 Å². The second-order valence-corrected chi connectivity index (χ2v) is 8.03. The molecule has 0 aromatic heterocycles. The van der Waals surface area contributed by atoms with Gasteiger partial charge in [0.15, 0.2) is 0 Å². The van der Waals surface area contributed by atoms with E-state index in [-0.39, 0.29) is 0 Å². The lowest BCUT2D eigenvalue weighted by Gasteiger charge is -2.27. The van der Waals surface area contributed by atoms with Gasteiger partial charge in [-0.2, -0.15) is 17.0 Å². The first kappa shape index (κ1) is 16.4. The molecule has 1 aliphatic heterocycles. The van der Waals surface area contributed by atoms with Gasteiger partial charge in [-0.15, -0.1) is 0 Å². The Hall–Kier alpha value is -0.950. The summed E-state index contributed by atoms with van der Waals surface area (Å²) in [5.41, 5.74) is 0.202. The molecule has 21 heavy (non-hydrogen) atoms. The van der Waals surface area contributed by atoms with Crippen LogP contribution in [-0.4, -0.2) is 47.9 Å². The van der Waals surface area contributed by atoms with E-state index in [9.17, 15) is 13.5 Å². The van der Waals surface area contributed by atoms with Gasteiger partial charge in [0, 0.05) is 26.7 Å². The van der Waals surface area contributed by atoms with Gasteiger partial charge < -0.3 is 5.11 Å². The first-order chi connectivity index (χ1) is 9.81. The molecular formula is C15H24N2O3S. The van der Waals surface area contributed by atoms with Gasteiger partial charge >= 0.3 is 0 Å². The zero-order valence-corrected chi connectivity index (χ0v) is 13.5. The predicted molar refractivity (Wildman–Crippen MR) is 82.9 cm³/mol. The molecule has 1 N–H and O–H groups in total. The summed E-state index contributed by atoms with van der Waals surface area (Å²) in [5.74, 6) is 0. The first-order valence-electron chi connectivity index (χ1n) is 7.29. The number of hydrogen-bond acceptors (Lipinski definition) is 3. The zero-order valence-electron chi connectivity index (χ0n) is 12.7. The number of rotatable bonds is 4. The predicted octanol–water partition coefficient (Wildman–Crippen LogP) is 1.60. The summed E-state index contributed by atoms with van der Waals surface area (Å²) in [6, 6.07) is 9.55. The molecule has 1 aromatic rings. The Morgan fingerprint density at radius 1 is 1.24 bits per heavy atom. The Morgan fingerprint density at radius 3 is 2.57 bits per heavy atom. The fourth-order valence-corrected chi connectivity index (χ4v) is 3.98. The SMILES string of the molecule is CN(Cc1ccccc1)S(=O)(=O)N1CCCC(C)(O)CC1. The van der Waals surface area contributed by atoms with Gasteiger partial charge in [0.25, 0.3) is 10.2 Å². The number of aliphatic hydroxyl groups is 1. The normalized spacial score (nSPS) is 25.0. The number of nitrogens with zero attached hydrogens (tertiary/aromatic N) is 2. The third kappa shape index (κ3) is 4.26. The van der Waals surface area contributed by atoms with Crippen LogP contribution in [0.1, 0.15) is 31.7 Å². The fraction of sp³-hybridized carbons (Fsp3) is 0.600. The Kier molecular flexibility index (Phi) is 5.03. The second kappa shape index (κ2) is 6.44. The molecule has 0 amide bonds. The van der Waals surface area contributed by atoms with Crippen molar-refractivity contribution in [3.63, 3.8) is 0 Å². The summed E-state index contributed by atoms with van der Waals surface area (Å²) < 4.78 is 28.1. The Labute approximate surface area is 127 Å². The van der Waals surface area contributed by atoms with Gasteiger partial charge in [-0.1, -0.05) is 30.3 Å². The Balaban J connectivity index is 2.06. The van der Waals surface area contributed by atoms with Gasteiger partial charge in [-0.05, 0) is 31.7 Å². The molecule has 1 saturated heterocycles. The topological polar surface area (TPSA) is 60.9 Å². The van der Waals surface area contributed by atoms with E-state index in [1.807, 2.05) is 30.3 Å². The molecule has 2 rings (SSSR count). The first-order valence-corrected chi connectivity index (χ1v) is 8.69. The van der Waals surface area contributed by atoms with Crippen LogP contribution in [0.25, 0.3) is 0 Å². The van der Waals surface area contributed by atoms with Crippen molar-refractivity contribution in [1.29, 1.82) is 0 Å². The van der Waals surface area contributed by atoms with Crippen LogP contribution in [0.2, 0.25) is 0 Å². The maximum absolute atomic E-state index is 12.6. The molecule has 0 radical (unpaired) electrons. The standard InChI is InChI=1S/C15H24N2O3S/c1-15(18)9-6-11-17(12-10-15)21(19,20)16(2)13-14-7-4-3-5-8-14/h3-5,7-8,18H,6,9-13H2,1-2H3. The minimum Gasteiger partial charge on any atom is -0.390 e. The lowest BCUT2D eigenvalue weighted by atomic mass is 9.98. The molecule has 0 bridgehead atoms. The Morgan fingerprint density at radius 2 is 1.90 bits per heavy atom. The molecule has 1 heterocycles. The molecule has 0 spiro atoms. The minimum atomic E-state index is -3.48. The maximum atomic E-state index is 12.6. The molecule has 6 heteroatoms. The van der Waals surface area contributed by atoms with E-state index in [1.54, 1.807) is 14.0 Å². The van der Waals surface area contributed by atoms with E-state index in [4.69, 9.17) is 0 Å². The molecule has 1 aromatic carbocycles. The fourth-order valence-electron chi connectivity index (χ4n) is 2.59. The van der Waals surface area contributed by atoms with Crippen LogP contribution >= 0.6 is 0 Å². The summed E-state index contributed by atoms with van der Waals surface area (Å²) in [6.07, 6.45) is 1.80. The lowest BCUT2D eigenvalue weighted by molar-refractivity contribution is 0.0464. The maximum Gasteiger partial charge on any atom is 0.282 e. The third-order valence-electron chi connectivity index (χ3n) is 3.99. The van der Waals surface area contributed by atoms with Crippen molar-refractivity contribution in [2.45, 2.75) is 38.3 Å². The summed E-state index contributed by atoms with van der Waals surface area (Å²) in [6.45, 7) is 2.97. The highest BCUT2D eigenvalue weighted by Crippen LogP contribution is 2.24. The van der Waals surface area contributed by atoms with Crippen molar-refractivity contribution in [1.82, 2.24) is 8.61 Å². The summed E-state index contributed by atoms with van der Waals surface area (Å²) >= 11 is 0. The molecule has 1 unspecified atom stereocenters. The van der Waals surface area contributed by atoms with Crippen molar-refractivity contribution in [3.05, 3.63) is 35.9 Å². The molecule has 0 saturated carbocycles. The average Bonchev–Trinajstić information content (AvgIpc) is 2.61. The van der Waals surface area contributed by atoms with Crippen molar-refractivity contribution in [3.8, 4) is 0 Å². The van der Waals surface area contributed by atoms with E-state index in [1.165, 1.54) is 8.61 Å². The Bertz CT molecular complexity index is 558. The summed E-state index contributed by atoms with van der Waals surface area (Å²) in [7, 11) is -1.88. The molecule has 1 fully saturated rings. The molecule has 118 valence electrons. The molecule has 1 aliphatic rings. The highest BCUT2D eigenvalue weighted by molar-refractivity contribution is 7.86. The highest BCUT2D eigenvalue weighted by atomic mass is 32.2. The van der Waals surface area contributed by atoms with Crippen molar-refractivity contribution in [2.24, 2.45) is 0 Å². The minimum absolute atomic E-state index is 0.357. The van der Waals surface area contributed by atoms with Crippen LogP contribution in [0.15, 0.2) is 30.3 Å². The number of benzene rings is 1. The van der Waals surface area contributed by atoms with Crippen LogP contribution in [-0.2, 0) is 16.8 Å². The van der Waals surface area contributed by atoms with Gasteiger partial charge in [-0.25, -0.2) is 0 Å². The monoisotopic (exact) mass is 312 g/mol. The molecular weight excluding hydrogens is 288 g/mol. The van der Waals surface area contributed by atoms with Crippen LogP contribution in [0, 0.1) is 0 Å². The van der Waals surface area contributed by atoms with Crippen LogP contribution in [0.4, 0.5) is 0 Å². The van der Waals surface area contributed by atoms with Crippen LogP contribution in [0.5, 0.6) is 0 Å². The smallest absolute Gasteiger partial charge is 0.282 e. The lowest BCUT2D eigenvalue weighted by Crippen LogP contribution is -2.42. The van der Waals surface area contributed by atoms with E-state index < -0.39 is 15.8 Å². The van der Waals surface area contributed by atoms with Gasteiger partial charge in [0.05, 0.1) is 5.60 Å². The summed E-state index contributed by atoms with van der Waals surface area (Å²) in [4.78, 5) is 0. The molecule has 5 nitrogen and oxygen atoms in total. The zero-order chi connectivity index (χ0) is 15.5. The van der Waals surface area contributed by atoms with Crippen molar-refractivity contribution < 1.29 is 13.5 Å². The van der Waals surface area contributed by atoms with Gasteiger partial charge in [-0.3, -0.25) is 0 Å². The van der Waals surface area contributed by atoms with E-state index in [0.717, 1.165) is 5.56 Å². The summed E-state index contributed by atoms with van der Waals surface area (Å²) in [5, 5.41) is 10.1. The van der Waals surface area contributed by atoms with Gasteiger partial charge in [0.1, 0.15) is 0 Å². The largest absolute Gasteiger partial charge is 0.390 e. The van der Waals surface area contributed by atoms with E-state index in [0.29, 0.717) is 38.9 Å². The molecule has 0 aliphatic carbocycles.